The highest BCUT2D eigenvalue weighted by Gasteiger charge is 2.17. The molecule has 4 rings (SSSR count). The van der Waals surface area contributed by atoms with E-state index in [9.17, 15) is 4.79 Å². The van der Waals surface area contributed by atoms with Gasteiger partial charge in [0.25, 0.3) is 5.91 Å². The highest BCUT2D eigenvalue weighted by atomic mass is 16.5. The van der Waals surface area contributed by atoms with E-state index in [4.69, 9.17) is 15.0 Å². The van der Waals surface area contributed by atoms with Gasteiger partial charge in [-0.15, -0.1) is 0 Å². The molecule has 148 valence electrons. The predicted octanol–water partition coefficient (Wildman–Crippen LogP) is 4.47. The van der Waals surface area contributed by atoms with E-state index in [1.54, 1.807) is 20.1 Å². The van der Waals surface area contributed by atoms with Gasteiger partial charge in [-0.2, -0.15) is 0 Å². The normalized spacial score (nSPS) is 11.0. The zero-order valence-electron chi connectivity index (χ0n) is 16.5. The Morgan fingerprint density at radius 3 is 2.59 bits per heavy atom. The molecule has 0 bridgehead atoms. The fourth-order valence-electron chi connectivity index (χ4n) is 3.51. The smallest absolute Gasteiger partial charge is 0.277 e. The van der Waals surface area contributed by atoms with Crippen molar-refractivity contribution in [2.24, 2.45) is 0 Å². The van der Waals surface area contributed by atoms with Crippen LogP contribution in [0.4, 0.5) is 11.4 Å². The van der Waals surface area contributed by atoms with Gasteiger partial charge in [0.15, 0.2) is 5.69 Å². The molecular formula is C22H22N4O3. The summed E-state index contributed by atoms with van der Waals surface area (Å²) in [6, 6.07) is 15.1. The summed E-state index contributed by atoms with van der Waals surface area (Å²) in [6.45, 7) is 4.60. The second-order valence-electron chi connectivity index (χ2n) is 6.74. The molecule has 0 spiro atoms. The quantitative estimate of drug-likeness (QED) is 0.524. The lowest BCUT2D eigenvalue weighted by Gasteiger charge is -2.10. The highest BCUT2D eigenvalue weighted by Crippen LogP contribution is 2.38. The average molecular weight is 390 g/mol. The van der Waals surface area contributed by atoms with Crippen molar-refractivity contribution >= 4 is 28.2 Å². The fraction of sp³-hybridized carbons (Fsp3) is 0.182. The molecule has 0 saturated heterocycles. The Balaban J connectivity index is 1.67. The number of fused-ring (bicyclic) bond motifs is 1. The van der Waals surface area contributed by atoms with E-state index in [-0.39, 0.29) is 11.6 Å². The van der Waals surface area contributed by atoms with Crippen LogP contribution in [0.25, 0.3) is 22.2 Å². The molecule has 4 aromatic rings. The molecule has 0 saturated carbocycles. The zero-order valence-corrected chi connectivity index (χ0v) is 16.5. The molecule has 29 heavy (non-hydrogen) atoms. The monoisotopic (exact) mass is 390 g/mol. The summed E-state index contributed by atoms with van der Waals surface area (Å²) in [5.74, 6) is 1.04. The number of hydrogen-bond donors (Lipinski definition) is 2. The van der Waals surface area contributed by atoms with E-state index >= 15 is 0 Å². The van der Waals surface area contributed by atoms with Gasteiger partial charge in [-0.1, -0.05) is 17.3 Å². The summed E-state index contributed by atoms with van der Waals surface area (Å²) >= 11 is 0. The van der Waals surface area contributed by atoms with Gasteiger partial charge in [-0.05, 0) is 44.2 Å². The molecule has 0 radical (unpaired) electrons. The summed E-state index contributed by atoms with van der Waals surface area (Å²) in [7, 11) is 1.64. The van der Waals surface area contributed by atoms with Gasteiger partial charge < -0.3 is 24.9 Å². The molecule has 2 heterocycles. The maximum Gasteiger partial charge on any atom is 0.277 e. The number of nitrogens with two attached hydrogens (primary N) is 1. The summed E-state index contributed by atoms with van der Waals surface area (Å²) in [5.41, 5.74) is 11.1. The van der Waals surface area contributed by atoms with E-state index < -0.39 is 0 Å². The van der Waals surface area contributed by atoms with Gasteiger partial charge >= 0.3 is 0 Å². The van der Waals surface area contributed by atoms with Crippen LogP contribution in [0, 0.1) is 6.92 Å². The molecular weight excluding hydrogens is 368 g/mol. The predicted molar refractivity (Wildman–Crippen MR) is 113 cm³/mol. The number of hydrogen-bond acceptors (Lipinski definition) is 5. The highest BCUT2D eigenvalue weighted by molar-refractivity contribution is 6.04. The third kappa shape index (κ3) is 3.31. The third-order valence-corrected chi connectivity index (χ3v) is 4.90. The number of aromatic nitrogens is 2. The summed E-state index contributed by atoms with van der Waals surface area (Å²) < 4.78 is 12.5. The standard InChI is InChI=1S/C22H22N4O3/c1-4-26-19-10-9-16(28-3)12-17(19)20(23)21(26)14-5-7-15(8-6-14)24-22(27)18-11-13(2)29-25-18/h5-12H,4,23H2,1-3H3,(H,24,27). The second kappa shape index (κ2) is 7.35. The molecule has 0 aliphatic heterocycles. The SMILES string of the molecule is CCn1c(-c2ccc(NC(=O)c3cc(C)on3)cc2)c(N)c2cc(OC)ccc21. The van der Waals surface area contributed by atoms with Gasteiger partial charge in [0.05, 0.1) is 24.0 Å². The van der Waals surface area contributed by atoms with Gasteiger partial charge in [0, 0.05) is 29.2 Å². The van der Waals surface area contributed by atoms with Crippen molar-refractivity contribution in [1.29, 1.82) is 0 Å². The first-order valence-corrected chi connectivity index (χ1v) is 9.32. The first kappa shape index (κ1) is 18.6. The zero-order chi connectivity index (χ0) is 20.5. The lowest BCUT2D eigenvalue weighted by Crippen LogP contribution is -2.12. The molecule has 3 N–H and O–H groups in total. The Morgan fingerprint density at radius 2 is 1.97 bits per heavy atom. The first-order valence-electron chi connectivity index (χ1n) is 9.32. The summed E-state index contributed by atoms with van der Waals surface area (Å²) in [4.78, 5) is 12.2. The number of carbonyl (C=O) groups excluding carboxylic acids is 1. The molecule has 0 fully saturated rings. The Morgan fingerprint density at radius 1 is 1.21 bits per heavy atom. The van der Waals surface area contributed by atoms with E-state index in [2.05, 4.69) is 22.0 Å². The van der Waals surface area contributed by atoms with Crippen LogP contribution in [0.3, 0.4) is 0 Å². The maximum atomic E-state index is 12.2. The van der Waals surface area contributed by atoms with Crippen molar-refractivity contribution in [3.05, 3.63) is 60.0 Å². The third-order valence-electron chi connectivity index (χ3n) is 4.90. The Hall–Kier alpha value is -3.74. The van der Waals surface area contributed by atoms with E-state index in [1.807, 2.05) is 42.5 Å². The van der Waals surface area contributed by atoms with Crippen molar-refractivity contribution in [3.8, 4) is 17.0 Å². The molecule has 7 heteroatoms. The van der Waals surface area contributed by atoms with Crippen molar-refractivity contribution in [2.75, 3.05) is 18.2 Å². The number of methoxy groups -OCH3 is 1. The number of benzene rings is 2. The van der Waals surface area contributed by atoms with Crippen molar-refractivity contribution < 1.29 is 14.1 Å². The number of nitrogens with one attached hydrogen (secondary N) is 1. The van der Waals surface area contributed by atoms with Gasteiger partial charge in [0.2, 0.25) is 0 Å². The maximum absolute atomic E-state index is 12.2. The molecule has 0 atom stereocenters. The Labute approximate surface area is 168 Å². The molecule has 1 amide bonds. The van der Waals surface area contributed by atoms with Gasteiger partial charge in [-0.25, -0.2) is 0 Å². The minimum atomic E-state index is -0.316. The van der Waals surface area contributed by atoms with Gasteiger partial charge in [-0.3, -0.25) is 4.79 Å². The first-order chi connectivity index (χ1) is 14.0. The van der Waals surface area contributed by atoms with Crippen LogP contribution in [0.1, 0.15) is 23.2 Å². The number of amides is 1. The van der Waals surface area contributed by atoms with Crippen molar-refractivity contribution in [2.45, 2.75) is 20.4 Å². The number of rotatable bonds is 5. The van der Waals surface area contributed by atoms with Crippen LogP contribution in [0.15, 0.2) is 53.1 Å². The topological polar surface area (TPSA) is 95.3 Å². The van der Waals surface area contributed by atoms with Crippen LogP contribution in [-0.4, -0.2) is 22.7 Å². The summed E-state index contributed by atoms with van der Waals surface area (Å²) in [6.07, 6.45) is 0. The second-order valence-corrected chi connectivity index (χ2v) is 6.74. The lowest BCUT2D eigenvalue weighted by molar-refractivity contribution is 0.101. The Bertz CT molecular complexity index is 1190. The minimum absolute atomic E-state index is 0.246. The van der Waals surface area contributed by atoms with Crippen molar-refractivity contribution in [3.63, 3.8) is 0 Å². The molecule has 0 unspecified atom stereocenters. The van der Waals surface area contributed by atoms with E-state index in [1.165, 1.54) is 0 Å². The number of anilines is 2. The molecule has 7 nitrogen and oxygen atoms in total. The van der Waals surface area contributed by atoms with E-state index in [0.29, 0.717) is 17.1 Å². The number of nitrogen functional groups attached to an aromatic ring is 1. The van der Waals surface area contributed by atoms with Crippen LogP contribution in [-0.2, 0) is 6.54 Å². The van der Waals surface area contributed by atoms with Crippen LogP contribution in [0.2, 0.25) is 0 Å². The van der Waals surface area contributed by atoms with Gasteiger partial charge in [0.1, 0.15) is 11.5 Å². The molecule has 2 aromatic heterocycles. The largest absolute Gasteiger partial charge is 0.497 e. The number of ether oxygens (including phenoxy) is 1. The average Bonchev–Trinajstić information content (AvgIpc) is 3.29. The van der Waals surface area contributed by atoms with Crippen LogP contribution < -0.4 is 15.8 Å². The minimum Gasteiger partial charge on any atom is -0.497 e. The van der Waals surface area contributed by atoms with E-state index in [0.717, 1.165) is 34.5 Å². The summed E-state index contributed by atoms with van der Waals surface area (Å²) in [5, 5.41) is 7.51. The molecule has 2 aromatic carbocycles. The van der Waals surface area contributed by atoms with Crippen LogP contribution >= 0.6 is 0 Å². The molecule has 0 aliphatic rings. The molecule has 0 aliphatic carbocycles. The lowest BCUT2D eigenvalue weighted by atomic mass is 10.1. The fourth-order valence-corrected chi connectivity index (χ4v) is 3.51. The Kier molecular flexibility index (Phi) is 4.72. The number of nitrogens with zero attached hydrogens (tertiary/aromatic N) is 2. The van der Waals surface area contributed by atoms with Crippen molar-refractivity contribution in [1.82, 2.24) is 9.72 Å². The number of aryl methyl sites for hydroxylation is 2. The number of carbonyl (C=O) groups is 1. The van der Waals surface area contributed by atoms with Crippen LogP contribution in [0.5, 0.6) is 5.75 Å².